The lowest BCUT2D eigenvalue weighted by atomic mass is 10.1. The van der Waals surface area contributed by atoms with Gasteiger partial charge in [-0.15, -0.1) is 0 Å². The molecular formula is C22H29N3O4S. The molecule has 0 saturated carbocycles. The average Bonchev–Trinajstić information content (AvgIpc) is 2.75. The zero-order chi connectivity index (χ0) is 21.6. The molecule has 8 heteroatoms. The predicted molar refractivity (Wildman–Crippen MR) is 116 cm³/mol. The van der Waals surface area contributed by atoms with Crippen LogP contribution in [-0.2, 0) is 21.3 Å². The Hall–Kier alpha value is -2.26. The summed E-state index contributed by atoms with van der Waals surface area (Å²) >= 11 is 0. The molecule has 2 aromatic carbocycles. The lowest BCUT2D eigenvalue weighted by molar-refractivity contribution is 0.0936. The van der Waals surface area contributed by atoms with Gasteiger partial charge in [0, 0.05) is 51.9 Å². The summed E-state index contributed by atoms with van der Waals surface area (Å²) in [7, 11) is -1.86. The Labute approximate surface area is 178 Å². The first kappa shape index (κ1) is 22.4. The van der Waals surface area contributed by atoms with Crippen molar-refractivity contribution in [2.24, 2.45) is 0 Å². The number of nitrogens with one attached hydrogen (secondary N) is 1. The quantitative estimate of drug-likeness (QED) is 0.646. The van der Waals surface area contributed by atoms with E-state index in [4.69, 9.17) is 4.74 Å². The van der Waals surface area contributed by atoms with Gasteiger partial charge in [-0.25, -0.2) is 8.42 Å². The highest BCUT2D eigenvalue weighted by Crippen LogP contribution is 2.19. The van der Waals surface area contributed by atoms with Crippen LogP contribution in [0.4, 0.5) is 0 Å². The maximum absolute atomic E-state index is 12.8. The summed E-state index contributed by atoms with van der Waals surface area (Å²) in [5, 5.41) is 2.82. The van der Waals surface area contributed by atoms with Crippen LogP contribution >= 0.6 is 0 Å². The Balaban J connectivity index is 1.56. The van der Waals surface area contributed by atoms with Gasteiger partial charge < -0.3 is 10.1 Å². The molecule has 1 heterocycles. The number of ether oxygens (including phenoxy) is 1. The fourth-order valence-electron chi connectivity index (χ4n) is 3.43. The van der Waals surface area contributed by atoms with E-state index >= 15 is 0 Å². The predicted octanol–water partition coefficient (Wildman–Crippen LogP) is 1.88. The molecule has 30 heavy (non-hydrogen) atoms. The maximum Gasteiger partial charge on any atom is 0.251 e. The first-order valence-electron chi connectivity index (χ1n) is 10.1. The molecule has 7 nitrogen and oxygen atoms in total. The van der Waals surface area contributed by atoms with Crippen molar-refractivity contribution in [1.29, 1.82) is 0 Å². The number of amides is 1. The first-order valence-corrected chi connectivity index (χ1v) is 11.5. The third kappa shape index (κ3) is 5.66. The van der Waals surface area contributed by atoms with Gasteiger partial charge in [-0.1, -0.05) is 29.8 Å². The van der Waals surface area contributed by atoms with E-state index in [0.717, 1.165) is 11.1 Å². The van der Waals surface area contributed by atoms with Crippen molar-refractivity contribution in [2.75, 3.05) is 46.4 Å². The van der Waals surface area contributed by atoms with Gasteiger partial charge in [0.1, 0.15) is 0 Å². The molecule has 1 N–H and O–H groups in total. The zero-order valence-electron chi connectivity index (χ0n) is 17.5. The minimum Gasteiger partial charge on any atom is -0.383 e. The van der Waals surface area contributed by atoms with E-state index in [-0.39, 0.29) is 5.91 Å². The third-order valence-electron chi connectivity index (χ3n) is 5.18. The summed E-state index contributed by atoms with van der Waals surface area (Å²) in [6, 6.07) is 14.5. The molecule has 1 saturated heterocycles. The molecule has 0 spiro atoms. The van der Waals surface area contributed by atoms with E-state index in [1.807, 2.05) is 37.3 Å². The van der Waals surface area contributed by atoms with Crippen LogP contribution in [-0.4, -0.2) is 70.0 Å². The van der Waals surface area contributed by atoms with Crippen molar-refractivity contribution in [2.45, 2.75) is 18.4 Å². The fourth-order valence-corrected chi connectivity index (χ4v) is 4.85. The molecular weight excluding hydrogens is 402 g/mol. The second-order valence-electron chi connectivity index (χ2n) is 7.44. The fraction of sp³-hybridized carbons (Fsp3) is 0.409. The topological polar surface area (TPSA) is 79.0 Å². The number of sulfonamides is 1. The highest BCUT2D eigenvalue weighted by atomic mass is 32.2. The number of hydrogen-bond donors (Lipinski definition) is 1. The Bertz CT molecular complexity index is 953. The van der Waals surface area contributed by atoms with E-state index in [9.17, 15) is 13.2 Å². The number of rotatable bonds is 8. The number of carbonyl (C=O) groups excluding carboxylic acids is 1. The molecule has 0 unspecified atom stereocenters. The van der Waals surface area contributed by atoms with Crippen LogP contribution in [0.1, 0.15) is 21.5 Å². The van der Waals surface area contributed by atoms with Crippen molar-refractivity contribution in [3.8, 4) is 0 Å². The van der Waals surface area contributed by atoms with Gasteiger partial charge in [0.15, 0.2) is 0 Å². The minimum absolute atomic E-state index is 0.122. The molecule has 0 aliphatic carbocycles. The molecule has 1 aliphatic heterocycles. The number of piperazine rings is 1. The Morgan fingerprint density at radius 3 is 2.43 bits per heavy atom. The van der Waals surface area contributed by atoms with Crippen molar-refractivity contribution < 1.29 is 17.9 Å². The smallest absolute Gasteiger partial charge is 0.251 e. The summed E-state index contributed by atoms with van der Waals surface area (Å²) < 4.78 is 32.2. The maximum atomic E-state index is 12.8. The lowest BCUT2D eigenvalue weighted by Gasteiger charge is -2.34. The van der Waals surface area contributed by atoms with Crippen LogP contribution in [0.5, 0.6) is 0 Å². The van der Waals surface area contributed by atoms with E-state index < -0.39 is 10.0 Å². The van der Waals surface area contributed by atoms with Gasteiger partial charge in [0.05, 0.1) is 11.5 Å². The SMILES string of the molecule is COCCNC(=O)c1cccc(CN2CCN(S(=O)(=O)c3ccc(C)cc3)CC2)c1. The average molecular weight is 432 g/mol. The molecule has 1 fully saturated rings. The summed E-state index contributed by atoms with van der Waals surface area (Å²) in [6.07, 6.45) is 0. The monoisotopic (exact) mass is 431 g/mol. The molecule has 162 valence electrons. The molecule has 0 aromatic heterocycles. The van der Waals surface area contributed by atoms with E-state index in [1.54, 1.807) is 29.6 Å². The van der Waals surface area contributed by atoms with Gasteiger partial charge in [-0.2, -0.15) is 4.31 Å². The number of hydrogen-bond acceptors (Lipinski definition) is 5. The second-order valence-corrected chi connectivity index (χ2v) is 9.38. The molecule has 1 aliphatic rings. The second kappa shape index (κ2) is 10.2. The molecule has 1 amide bonds. The number of nitrogens with zero attached hydrogens (tertiary/aromatic N) is 2. The molecule has 3 rings (SSSR count). The van der Waals surface area contributed by atoms with E-state index in [2.05, 4.69) is 10.2 Å². The highest BCUT2D eigenvalue weighted by molar-refractivity contribution is 7.89. The summed E-state index contributed by atoms with van der Waals surface area (Å²) in [5.41, 5.74) is 2.68. The number of carbonyl (C=O) groups is 1. The van der Waals surface area contributed by atoms with Gasteiger partial charge in [0.2, 0.25) is 10.0 Å². The van der Waals surface area contributed by atoms with Crippen LogP contribution in [0.25, 0.3) is 0 Å². The first-order chi connectivity index (χ1) is 14.4. The minimum atomic E-state index is -3.46. The normalized spacial score (nSPS) is 15.8. The van der Waals surface area contributed by atoms with Gasteiger partial charge >= 0.3 is 0 Å². The molecule has 2 aromatic rings. The summed E-state index contributed by atoms with van der Waals surface area (Å²) in [5.74, 6) is -0.122. The summed E-state index contributed by atoms with van der Waals surface area (Å²) in [4.78, 5) is 14.8. The lowest BCUT2D eigenvalue weighted by Crippen LogP contribution is -2.48. The third-order valence-corrected chi connectivity index (χ3v) is 7.09. The van der Waals surface area contributed by atoms with Crippen LogP contribution in [0.2, 0.25) is 0 Å². The highest BCUT2D eigenvalue weighted by Gasteiger charge is 2.28. The number of benzene rings is 2. The zero-order valence-corrected chi connectivity index (χ0v) is 18.3. The standard InChI is InChI=1S/C22H29N3O4S/c1-18-6-8-21(9-7-18)30(27,28)25-13-11-24(12-14-25)17-19-4-3-5-20(16-19)22(26)23-10-15-29-2/h3-9,16H,10-15,17H2,1-2H3,(H,23,26). The largest absolute Gasteiger partial charge is 0.383 e. The van der Waals surface area contributed by atoms with Crippen LogP contribution < -0.4 is 5.32 Å². The Kier molecular flexibility index (Phi) is 7.60. The van der Waals surface area contributed by atoms with Crippen LogP contribution in [0.3, 0.4) is 0 Å². The van der Waals surface area contributed by atoms with Crippen molar-refractivity contribution in [3.63, 3.8) is 0 Å². The van der Waals surface area contributed by atoms with Gasteiger partial charge in [-0.3, -0.25) is 9.69 Å². The molecule has 0 radical (unpaired) electrons. The van der Waals surface area contributed by atoms with E-state index in [0.29, 0.717) is 56.3 Å². The van der Waals surface area contributed by atoms with Crippen LogP contribution in [0.15, 0.2) is 53.4 Å². The molecule has 0 atom stereocenters. The Morgan fingerprint density at radius 1 is 1.07 bits per heavy atom. The van der Waals surface area contributed by atoms with Gasteiger partial charge in [-0.05, 0) is 36.8 Å². The van der Waals surface area contributed by atoms with Crippen LogP contribution in [0, 0.1) is 6.92 Å². The summed E-state index contributed by atoms with van der Waals surface area (Å²) in [6.45, 7) is 5.76. The number of aryl methyl sites for hydroxylation is 1. The van der Waals surface area contributed by atoms with Crippen molar-refractivity contribution in [1.82, 2.24) is 14.5 Å². The van der Waals surface area contributed by atoms with E-state index in [1.165, 1.54) is 0 Å². The molecule has 0 bridgehead atoms. The van der Waals surface area contributed by atoms with Crippen molar-refractivity contribution >= 4 is 15.9 Å². The van der Waals surface area contributed by atoms with Gasteiger partial charge in [0.25, 0.3) is 5.91 Å². The Morgan fingerprint density at radius 2 is 1.77 bits per heavy atom. The number of methoxy groups -OCH3 is 1. The van der Waals surface area contributed by atoms with Crippen molar-refractivity contribution in [3.05, 3.63) is 65.2 Å².